The Labute approximate surface area is 145 Å². The Kier molecular flexibility index (Phi) is 6.78. The molecule has 0 saturated heterocycles. The lowest BCUT2D eigenvalue weighted by atomic mass is 10.1. The van der Waals surface area contributed by atoms with E-state index in [1.165, 1.54) is 4.90 Å². The van der Waals surface area contributed by atoms with Crippen LogP contribution >= 0.6 is 0 Å². The highest BCUT2D eigenvalue weighted by atomic mass is 19.4. The minimum absolute atomic E-state index is 0.127. The van der Waals surface area contributed by atoms with Crippen molar-refractivity contribution in [3.05, 3.63) is 48.0 Å². The van der Waals surface area contributed by atoms with E-state index in [0.29, 0.717) is 0 Å². The first-order chi connectivity index (χ1) is 11.4. The van der Waals surface area contributed by atoms with Crippen molar-refractivity contribution in [2.75, 3.05) is 6.54 Å². The minimum atomic E-state index is -4.77. The fraction of sp³-hybridized carbons (Fsp3) is 0.444. The normalized spacial score (nSPS) is 11.8. The highest BCUT2D eigenvalue weighted by Crippen LogP contribution is 2.25. The molecule has 0 aliphatic rings. The van der Waals surface area contributed by atoms with Gasteiger partial charge in [-0.3, -0.25) is 4.79 Å². The predicted molar refractivity (Wildman–Crippen MR) is 87.9 cm³/mol. The molecule has 0 unspecified atom stereocenters. The van der Waals surface area contributed by atoms with Gasteiger partial charge < -0.3 is 9.64 Å². The van der Waals surface area contributed by atoms with Crippen molar-refractivity contribution in [3.63, 3.8) is 0 Å². The van der Waals surface area contributed by atoms with Crippen molar-refractivity contribution in [2.24, 2.45) is 0 Å². The molecule has 0 N–H and O–H groups in total. The van der Waals surface area contributed by atoms with E-state index in [1.54, 1.807) is 51.1 Å². The van der Waals surface area contributed by atoms with Crippen LogP contribution in [-0.2, 0) is 16.1 Å². The largest absolute Gasteiger partial charge is 0.444 e. The van der Waals surface area contributed by atoms with E-state index in [2.05, 4.69) is 6.58 Å². The maximum Gasteiger partial charge on any atom is 0.419 e. The fourth-order valence-corrected chi connectivity index (χ4v) is 1.91. The molecule has 1 rings (SSSR count). The summed E-state index contributed by atoms with van der Waals surface area (Å²) in [6.45, 7) is 7.76. The number of alkyl halides is 3. The van der Waals surface area contributed by atoms with E-state index >= 15 is 0 Å². The lowest BCUT2D eigenvalue weighted by Gasteiger charge is -2.27. The number of ketones is 1. The van der Waals surface area contributed by atoms with Crippen LogP contribution in [0.5, 0.6) is 0 Å². The maximum absolute atomic E-state index is 12.5. The second-order valence-corrected chi connectivity index (χ2v) is 6.54. The zero-order chi connectivity index (χ0) is 19.3. The standard InChI is InChI=1S/C18H22F3NO3/c1-13(18(19,20)21)15(23)10-11-22(16(24)25-17(2,3)4)12-14-8-6-5-7-9-14/h5-9H,1,10-12H2,2-4H3. The molecule has 0 heterocycles. The van der Waals surface area contributed by atoms with Gasteiger partial charge in [0.1, 0.15) is 5.60 Å². The third kappa shape index (κ3) is 7.41. The van der Waals surface area contributed by atoms with Crippen LogP contribution < -0.4 is 0 Å². The first kappa shape index (κ1) is 20.7. The molecule has 0 atom stereocenters. The van der Waals surface area contributed by atoms with Gasteiger partial charge in [-0.05, 0) is 26.3 Å². The molecule has 7 heteroatoms. The van der Waals surface area contributed by atoms with Crippen LogP contribution in [0.15, 0.2) is 42.5 Å². The number of Topliss-reactive ketones (excluding diaryl/α,β-unsaturated/α-hetero) is 1. The number of hydrogen-bond acceptors (Lipinski definition) is 3. The molecule has 0 bridgehead atoms. The molecule has 4 nitrogen and oxygen atoms in total. The van der Waals surface area contributed by atoms with E-state index in [4.69, 9.17) is 4.74 Å². The Morgan fingerprint density at radius 1 is 1.12 bits per heavy atom. The number of rotatable bonds is 6. The van der Waals surface area contributed by atoms with E-state index in [1.807, 2.05) is 0 Å². The lowest BCUT2D eigenvalue weighted by Crippen LogP contribution is -2.38. The molecule has 25 heavy (non-hydrogen) atoms. The van der Waals surface area contributed by atoms with Crippen LogP contribution in [0.4, 0.5) is 18.0 Å². The van der Waals surface area contributed by atoms with Gasteiger partial charge in [-0.2, -0.15) is 13.2 Å². The summed E-state index contributed by atoms with van der Waals surface area (Å²) in [6.07, 6.45) is -5.95. The Morgan fingerprint density at radius 2 is 1.68 bits per heavy atom. The van der Waals surface area contributed by atoms with Gasteiger partial charge in [0.2, 0.25) is 0 Å². The van der Waals surface area contributed by atoms with Crippen molar-refractivity contribution < 1.29 is 27.5 Å². The summed E-state index contributed by atoms with van der Waals surface area (Å²) in [5, 5.41) is 0. The number of amides is 1. The maximum atomic E-state index is 12.5. The Hall–Kier alpha value is -2.31. The van der Waals surface area contributed by atoms with E-state index < -0.39 is 35.6 Å². The van der Waals surface area contributed by atoms with Crippen LogP contribution in [0.1, 0.15) is 32.8 Å². The molecule has 1 aromatic rings. The van der Waals surface area contributed by atoms with Crippen LogP contribution in [0.2, 0.25) is 0 Å². The summed E-state index contributed by atoms with van der Waals surface area (Å²) in [5.74, 6) is -1.14. The molecule has 0 fully saturated rings. The average Bonchev–Trinajstić information content (AvgIpc) is 2.48. The smallest absolute Gasteiger partial charge is 0.419 e. The van der Waals surface area contributed by atoms with Gasteiger partial charge in [-0.1, -0.05) is 36.9 Å². The number of allylic oxidation sites excluding steroid dienone is 1. The summed E-state index contributed by atoms with van der Waals surface area (Å²) in [6, 6.07) is 8.90. The zero-order valence-corrected chi connectivity index (χ0v) is 14.5. The van der Waals surface area contributed by atoms with Gasteiger partial charge >= 0.3 is 12.3 Å². The second-order valence-electron chi connectivity index (χ2n) is 6.54. The molecule has 0 aliphatic heterocycles. The van der Waals surface area contributed by atoms with E-state index in [9.17, 15) is 22.8 Å². The van der Waals surface area contributed by atoms with Crippen molar-refractivity contribution in [1.29, 1.82) is 0 Å². The summed E-state index contributed by atoms with van der Waals surface area (Å²) in [5.41, 5.74) is -1.40. The summed E-state index contributed by atoms with van der Waals surface area (Å²) >= 11 is 0. The Balaban J connectivity index is 2.82. The monoisotopic (exact) mass is 357 g/mol. The predicted octanol–water partition coefficient (Wildman–Crippen LogP) is 4.50. The van der Waals surface area contributed by atoms with Crippen molar-refractivity contribution in [1.82, 2.24) is 4.90 Å². The molecule has 0 saturated carbocycles. The van der Waals surface area contributed by atoms with Gasteiger partial charge in [-0.25, -0.2) is 4.79 Å². The lowest BCUT2D eigenvalue weighted by molar-refractivity contribution is -0.128. The Morgan fingerprint density at radius 3 is 2.16 bits per heavy atom. The molecule has 138 valence electrons. The highest BCUT2D eigenvalue weighted by molar-refractivity contribution is 5.96. The van der Waals surface area contributed by atoms with Crippen molar-refractivity contribution in [3.8, 4) is 0 Å². The third-order valence-corrected chi connectivity index (χ3v) is 3.16. The quantitative estimate of drug-likeness (QED) is 0.704. The van der Waals surface area contributed by atoms with Crippen LogP contribution in [-0.4, -0.2) is 35.1 Å². The van der Waals surface area contributed by atoms with Crippen molar-refractivity contribution in [2.45, 2.75) is 45.5 Å². The number of carbonyl (C=O) groups is 2. The van der Waals surface area contributed by atoms with E-state index in [0.717, 1.165) is 5.56 Å². The third-order valence-electron chi connectivity index (χ3n) is 3.16. The number of carbonyl (C=O) groups excluding carboxylic acids is 2. The molecule has 0 radical (unpaired) electrons. The van der Waals surface area contributed by atoms with Gasteiger partial charge in [0, 0.05) is 19.5 Å². The van der Waals surface area contributed by atoms with Gasteiger partial charge in [0.25, 0.3) is 0 Å². The number of ether oxygens (including phenoxy) is 1. The second kappa shape index (κ2) is 8.18. The minimum Gasteiger partial charge on any atom is -0.444 e. The number of benzene rings is 1. The van der Waals surface area contributed by atoms with Crippen LogP contribution in [0.25, 0.3) is 0 Å². The molecule has 0 aromatic heterocycles. The Bertz CT molecular complexity index is 619. The van der Waals surface area contributed by atoms with E-state index in [-0.39, 0.29) is 13.1 Å². The van der Waals surface area contributed by atoms with Gasteiger partial charge in [-0.15, -0.1) is 0 Å². The molecule has 0 aliphatic carbocycles. The molecular formula is C18H22F3NO3. The molecular weight excluding hydrogens is 335 g/mol. The highest BCUT2D eigenvalue weighted by Gasteiger charge is 2.36. The number of nitrogens with zero attached hydrogens (tertiary/aromatic N) is 1. The molecule has 0 spiro atoms. The summed E-state index contributed by atoms with van der Waals surface area (Å²) < 4.78 is 42.8. The van der Waals surface area contributed by atoms with Gasteiger partial charge in [0.05, 0.1) is 5.57 Å². The summed E-state index contributed by atoms with van der Waals surface area (Å²) in [4.78, 5) is 25.2. The van der Waals surface area contributed by atoms with Crippen LogP contribution in [0, 0.1) is 0 Å². The number of hydrogen-bond donors (Lipinski definition) is 0. The summed E-state index contributed by atoms with van der Waals surface area (Å²) in [7, 11) is 0. The molecule has 1 amide bonds. The van der Waals surface area contributed by atoms with Gasteiger partial charge in [0.15, 0.2) is 5.78 Å². The fourth-order valence-electron chi connectivity index (χ4n) is 1.91. The SMILES string of the molecule is C=C(C(=O)CCN(Cc1ccccc1)C(=O)OC(C)(C)C)C(F)(F)F. The topological polar surface area (TPSA) is 46.6 Å². The molecule has 1 aromatic carbocycles. The zero-order valence-electron chi connectivity index (χ0n) is 14.5. The first-order valence-electron chi connectivity index (χ1n) is 7.71. The van der Waals surface area contributed by atoms with Crippen molar-refractivity contribution >= 4 is 11.9 Å². The number of halogens is 3. The first-order valence-corrected chi connectivity index (χ1v) is 7.71. The average molecular weight is 357 g/mol. The van der Waals surface area contributed by atoms with Crippen LogP contribution in [0.3, 0.4) is 0 Å².